The Morgan fingerprint density at radius 1 is 1.38 bits per heavy atom. The molecule has 5 heteroatoms. The summed E-state index contributed by atoms with van der Waals surface area (Å²) in [5.41, 5.74) is 1.39. The van der Waals surface area contributed by atoms with Crippen LogP contribution in [0.15, 0.2) is 11.6 Å². The zero-order valence-electron chi connectivity index (χ0n) is 9.54. The smallest absolute Gasteiger partial charge is 0.211 e. The summed E-state index contributed by atoms with van der Waals surface area (Å²) in [6.45, 7) is 0.537. The first-order chi connectivity index (χ1) is 7.64. The summed E-state index contributed by atoms with van der Waals surface area (Å²) in [6, 6.07) is 0. The second-order valence-electron chi connectivity index (χ2n) is 4.11. The third-order valence-corrected chi connectivity index (χ3v) is 4.44. The van der Waals surface area contributed by atoms with Crippen molar-refractivity contribution in [2.75, 3.05) is 18.2 Å². The second kappa shape index (κ2) is 7.30. The maximum Gasteiger partial charge on any atom is 0.211 e. The quantitative estimate of drug-likeness (QED) is 0.416. The van der Waals surface area contributed by atoms with Crippen LogP contribution >= 0.6 is 11.6 Å². The van der Waals surface area contributed by atoms with Gasteiger partial charge in [-0.25, -0.2) is 13.1 Å². The van der Waals surface area contributed by atoms with Crippen LogP contribution in [-0.2, 0) is 10.0 Å². The molecule has 0 aromatic carbocycles. The van der Waals surface area contributed by atoms with Crippen molar-refractivity contribution in [3.05, 3.63) is 11.6 Å². The second-order valence-corrected chi connectivity index (χ2v) is 6.42. The largest absolute Gasteiger partial charge is 0.215 e. The van der Waals surface area contributed by atoms with Gasteiger partial charge in [0.25, 0.3) is 0 Å². The normalized spacial score (nSPS) is 16.4. The summed E-state index contributed by atoms with van der Waals surface area (Å²) in [7, 11) is -3.08. The van der Waals surface area contributed by atoms with Crippen molar-refractivity contribution in [2.24, 2.45) is 0 Å². The summed E-state index contributed by atoms with van der Waals surface area (Å²) in [4.78, 5) is 0. The third-order valence-electron chi connectivity index (χ3n) is 2.70. The highest BCUT2D eigenvalue weighted by Crippen LogP contribution is 2.19. The molecule has 3 nitrogen and oxygen atoms in total. The van der Waals surface area contributed by atoms with E-state index in [1.54, 1.807) is 0 Å². The van der Waals surface area contributed by atoms with Crippen LogP contribution in [0.25, 0.3) is 0 Å². The zero-order valence-corrected chi connectivity index (χ0v) is 11.1. The number of halogens is 1. The minimum Gasteiger partial charge on any atom is -0.215 e. The summed E-state index contributed by atoms with van der Waals surface area (Å²) in [5, 5.41) is 0. The fourth-order valence-electron chi connectivity index (χ4n) is 1.79. The maximum atomic E-state index is 11.5. The van der Waals surface area contributed by atoms with Gasteiger partial charge in [0.15, 0.2) is 0 Å². The van der Waals surface area contributed by atoms with E-state index >= 15 is 0 Å². The molecule has 16 heavy (non-hydrogen) atoms. The van der Waals surface area contributed by atoms with Crippen LogP contribution in [-0.4, -0.2) is 26.6 Å². The van der Waals surface area contributed by atoms with E-state index < -0.39 is 10.0 Å². The van der Waals surface area contributed by atoms with E-state index in [0.717, 1.165) is 25.7 Å². The first-order valence-corrected chi connectivity index (χ1v) is 8.04. The lowest BCUT2D eigenvalue weighted by Crippen LogP contribution is -2.27. The number of rotatable bonds is 8. The third kappa shape index (κ3) is 5.87. The Bertz CT molecular complexity index is 325. The van der Waals surface area contributed by atoms with Crippen LogP contribution in [0.3, 0.4) is 0 Å². The van der Waals surface area contributed by atoms with Crippen molar-refractivity contribution >= 4 is 21.6 Å². The van der Waals surface area contributed by atoms with Crippen molar-refractivity contribution in [3.8, 4) is 0 Å². The monoisotopic (exact) mass is 265 g/mol. The molecule has 0 heterocycles. The summed E-state index contributed by atoms with van der Waals surface area (Å²) < 4.78 is 25.6. The van der Waals surface area contributed by atoms with Gasteiger partial charge in [0.2, 0.25) is 10.0 Å². The van der Waals surface area contributed by atoms with Gasteiger partial charge in [0.1, 0.15) is 0 Å². The van der Waals surface area contributed by atoms with Gasteiger partial charge in [-0.3, -0.25) is 0 Å². The van der Waals surface area contributed by atoms with Crippen LogP contribution in [0, 0.1) is 0 Å². The molecule has 0 unspecified atom stereocenters. The molecule has 0 aromatic heterocycles. The highest BCUT2D eigenvalue weighted by molar-refractivity contribution is 7.89. The number of alkyl halides is 1. The van der Waals surface area contributed by atoms with Crippen LogP contribution in [0.5, 0.6) is 0 Å². The van der Waals surface area contributed by atoms with Crippen LogP contribution < -0.4 is 4.72 Å². The van der Waals surface area contributed by atoms with Crippen LogP contribution in [0.4, 0.5) is 0 Å². The number of sulfonamides is 1. The van der Waals surface area contributed by atoms with Crippen molar-refractivity contribution in [3.63, 3.8) is 0 Å². The number of unbranched alkanes of at least 4 members (excludes halogenated alkanes) is 1. The predicted octanol–water partition coefficient (Wildman–Crippen LogP) is 2.43. The summed E-state index contributed by atoms with van der Waals surface area (Å²) in [5.74, 6) is 0.723. The molecule has 0 amide bonds. The van der Waals surface area contributed by atoms with Crippen LogP contribution in [0.2, 0.25) is 0 Å². The number of allylic oxidation sites excluding steroid dienone is 1. The van der Waals surface area contributed by atoms with Gasteiger partial charge in [-0.1, -0.05) is 11.6 Å². The molecule has 0 saturated heterocycles. The molecule has 0 spiro atoms. The van der Waals surface area contributed by atoms with E-state index in [4.69, 9.17) is 11.6 Å². The van der Waals surface area contributed by atoms with Gasteiger partial charge in [-0.2, -0.15) is 0 Å². The SMILES string of the molecule is O=S(=O)(CCCCCl)NCCC1=CCCC1. The van der Waals surface area contributed by atoms with Gasteiger partial charge >= 0.3 is 0 Å². The highest BCUT2D eigenvalue weighted by Gasteiger charge is 2.10. The molecule has 1 aliphatic carbocycles. The molecule has 1 aliphatic rings. The summed E-state index contributed by atoms with van der Waals surface area (Å²) >= 11 is 5.50. The molecule has 0 saturated carbocycles. The number of hydrogen-bond donors (Lipinski definition) is 1. The molecule has 1 rings (SSSR count). The minimum atomic E-state index is -3.08. The lowest BCUT2D eigenvalue weighted by Gasteiger charge is -2.06. The van der Waals surface area contributed by atoms with Gasteiger partial charge in [-0.05, 0) is 38.5 Å². The number of nitrogens with one attached hydrogen (secondary N) is 1. The van der Waals surface area contributed by atoms with E-state index in [0.29, 0.717) is 18.8 Å². The van der Waals surface area contributed by atoms with Crippen LogP contribution in [0.1, 0.15) is 38.5 Å². The fourth-order valence-corrected chi connectivity index (χ4v) is 3.12. The number of hydrogen-bond acceptors (Lipinski definition) is 2. The molecular weight excluding hydrogens is 246 g/mol. The van der Waals surface area contributed by atoms with E-state index in [2.05, 4.69) is 10.8 Å². The minimum absolute atomic E-state index is 0.193. The molecule has 1 N–H and O–H groups in total. The Morgan fingerprint density at radius 2 is 2.19 bits per heavy atom. The molecular formula is C11H20ClNO2S. The molecule has 0 radical (unpaired) electrons. The predicted molar refractivity (Wildman–Crippen MR) is 68.3 cm³/mol. The average Bonchev–Trinajstić information content (AvgIpc) is 2.70. The fraction of sp³-hybridized carbons (Fsp3) is 0.818. The van der Waals surface area contributed by atoms with Gasteiger partial charge in [0.05, 0.1) is 5.75 Å². The standard InChI is InChI=1S/C11H20ClNO2S/c12-8-3-4-10-16(14,15)13-9-7-11-5-1-2-6-11/h5,13H,1-4,6-10H2. The van der Waals surface area contributed by atoms with Crippen molar-refractivity contribution in [1.82, 2.24) is 4.72 Å². The molecule has 0 fully saturated rings. The first kappa shape index (κ1) is 14.0. The first-order valence-electron chi connectivity index (χ1n) is 5.85. The lowest BCUT2D eigenvalue weighted by molar-refractivity contribution is 0.578. The molecule has 0 bridgehead atoms. The molecule has 94 valence electrons. The highest BCUT2D eigenvalue weighted by atomic mass is 35.5. The Kier molecular flexibility index (Phi) is 6.39. The lowest BCUT2D eigenvalue weighted by atomic mass is 10.2. The molecule has 0 atom stereocenters. The Morgan fingerprint density at radius 3 is 2.81 bits per heavy atom. The molecule has 0 aliphatic heterocycles. The van der Waals surface area contributed by atoms with E-state index in [1.165, 1.54) is 12.0 Å². The molecule has 0 aromatic rings. The van der Waals surface area contributed by atoms with Crippen molar-refractivity contribution in [1.29, 1.82) is 0 Å². The van der Waals surface area contributed by atoms with E-state index in [9.17, 15) is 8.42 Å². The Balaban J connectivity index is 2.15. The summed E-state index contributed by atoms with van der Waals surface area (Å²) in [6.07, 6.45) is 7.98. The Labute approximate surface area is 103 Å². The van der Waals surface area contributed by atoms with Gasteiger partial charge < -0.3 is 0 Å². The van der Waals surface area contributed by atoms with Crippen molar-refractivity contribution < 1.29 is 8.42 Å². The topological polar surface area (TPSA) is 46.2 Å². The van der Waals surface area contributed by atoms with E-state index in [-0.39, 0.29) is 5.75 Å². The van der Waals surface area contributed by atoms with E-state index in [1.807, 2.05) is 0 Å². The maximum absolute atomic E-state index is 11.5. The van der Waals surface area contributed by atoms with Crippen molar-refractivity contribution in [2.45, 2.75) is 38.5 Å². The van der Waals surface area contributed by atoms with Gasteiger partial charge in [0, 0.05) is 12.4 Å². The Hall–Kier alpha value is -0.0600. The average molecular weight is 266 g/mol. The van der Waals surface area contributed by atoms with Gasteiger partial charge in [-0.15, -0.1) is 11.6 Å². The zero-order chi connectivity index (χ0) is 11.9.